The molecule has 0 saturated carbocycles. The van der Waals surface area contributed by atoms with Crippen LogP contribution < -0.4 is 11.0 Å². The Morgan fingerprint density at radius 3 is 2.34 bits per heavy atom. The summed E-state index contributed by atoms with van der Waals surface area (Å²) >= 11 is 1.71. The number of hydrogen-bond acceptors (Lipinski definition) is 6. The molecule has 2 aromatic heterocycles. The molecular weight excluding hydrogens is 459 g/mol. The number of hydrogen-bond donors (Lipinski definition) is 0. The molecule has 1 aliphatic rings. The van der Waals surface area contributed by atoms with Gasteiger partial charge in [-0.05, 0) is 57.7 Å². The summed E-state index contributed by atoms with van der Waals surface area (Å²) < 4.78 is 19.8. The van der Waals surface area contributed by atoms with Crippen molar-refractivity contribution in [1.29, 1.82) is 0 Å². The Hall–Kier alpha value is -2.81. The minimum atomic E-state index is -0.589. The van der Waals surface area contributed by atoms with Crippen LogP contribution in [-0.4, -0.2) is 28.0 Å². The number of benzene rings is 2. The van der Waals surface area contributed by atoms with E-state index in [0.717, 1.165) is 27.2 Å². The van der Waals surface area contributed by atoms with Crippen molar-refractivity contribution in [3.05, 3.63) is 88.2 Å². The third-order valence-electron chi connectivity index (χ3n) is 6.85. The summed E-state index contributed by atoms with van der Waals surface area (Å²) in [6.07, 6.45) is 1.83. The van der Waals surface area contributed by atoms with E-state index < -0.39 is 18.3 Å². The van der Waals surface area contributed by atoms with Gasteiger partial charge in [0, 0.05) is 33.8 Å². The first-order valence-electron chi connectivity index (χ1n) is 11.7. The Morgan fingerprint density at radius 2 is 1.69 bits per heavy atom. The summed E-state index contributed by atoms with van der Waals surface area (Å²) in [4.78, 5) is 14.6. The monoisotopic (exact) mass is 488 g/mol. The predicted octanol–water partition coefficient (Wildman–Crippen LogP) is 4.94. The third kappa shape index (κ3) is 4.70. The van der Waals surface area contributed by atoms with Gasteiger partial charge < -0.3 is 18.4 Å². The third-order valence-corrected chi connectivity index (χ3v) is 7.91. The van der Waals surface area contributed by atoms with E-state index in [1.807, 2.05) is 77.2 Å². The molecule has 35 heavy (non-hydrogen) atoms. The number of aryl methyl sites for hydroxylation is 1. The fourth-order valence-corrected chi connectivity index (χ4v) is 5.06. The van der Waals surface area contributed by atoms with Crippen molar-refractivity contribution in [2.24, 2.45) is 0 Å². The molecule has 8 heteroatoms. The van der Waals surface area contributed by atoms with Gasteiger partial charge in [0.25, 0.3) is 5.56 Å². The molecule has 2 aromatic carbocycles. The highest BCUT2D eigenvalue weighted by Gasteiger charge is 2.52. The van der Waals surface area contributed by atoms with E-state index in [-0.39, 0.29) is 12.1 Å². The fraction of sp³-hybridized carbons (Fsp3) is 0.333. The zero-order chi connectivity index (χ0) is 24.8. The van der Waals surface area contributed by atoms with E-state index in [9.17, 15) is 4.79 Å². The number of nitrogens with zero attached hydrogens (tertiary/aromatic N) is 2. The molecule has 0 aliphatic carbocycles. The van der Waals surface area contributed by atoms with Crippen molar-refractivity contribution in [3.63, 3.8) is 0 Å². The minimum absolute atomic E-state index is 0.0866. The highest BCUT2D eigenvalue weighted by molar-refractivity contribution is 7.98. The Labute approximate surface area is 209 Å². The average molecular weight is 488 g/mol. The van der Waals surface area contributed by atoms with Gasteiger partial charge in [-0.3, -0.25) is 4.79 Å². The first-order chi connectivity index (χ1) is 16.6. The first kappa shape index (κ1) is 23.9. The number of fused-ring (bicyclic) bond motifs is 1. The molecule has 1 saturated heterocycles. The molecule has 1 aliphatic heterocycles. The second-order valence-corrected chi connectivity index (χ2v) is 11.1. The second-order valence-electron chi connectivity index (χ2n) is 10.0. The van der Waals surface area contributed by atoms with E-state index in [1.54, 1.807) is 16.3 Å². The summed E-state index contributed by atoms with van der Waals surface area (Å²) in [5.74, 6) is 1.45. The van der Waals surface area contributed by atoms with E-state index in [4.69, 9.17) is 13.8 Å². The maximum Gasteiger partial charge on any atom is 0.496 e. The molecule has 1 fully saturated rings. The lowest BCUT2D eigenvalue weighted by molar-refractivity contribution is 0.00578. The van der Waals surface area contributed by atoms with Crippen molar-refractivity contribution < 1.29 is 13.8 Å². The Morgan fingerprint density at radius 1 is 0.971 bits per heavy atom. The van der Waals surface area contributed by atoms with Crippen LogP contribution in [0.4, 0.5) is 0 Å². The molecule has 0 amide bonds. The van der Waals surface area contributed by atoms with Crippen molar-refractivity contribution in [3.8, 4) is 0 Å². The smallest absolute Gasteiger partial charge is 0.399 e. The molecule has 180 valence electrons. The summed E-state index contributed by atoms with van der Waals surface area (Å²) in [7, 11) is -0.589. The molecule has 0 unspecified atom stereocenters. The molecule has 0 radical (unpaired) electrons. The van der Waals surface area contributed by atoms with Gasteiger partial charge in [0.2, 0.25) is 0 Å². The SMILES string of the molecule is Cc1cc(Cn2cc(B3OC(C)(C)C(C)(C)O3)c3ccc(SCc4ccccc4)cc3c2=O)on1. The van der Waals surface area contributed by atoms with Crippen LogP contribution in [0.1, 0.15) is 44.7 Å². The van der Waals surface area contributed by atoms with E-state index >= 15 is 0 Å². The Bertz CT molecular complexity index is 1410. The van der Waals surface area contributed by atoms with Gasteiger partial charge in [0.15, 0.2) is 5.76 Å². The minimum Gasteiger partial charge on any atom is -0.399 e. The van der Waals surface area contributed by atoms with Crippen molar-refractivity contribution in [1.82, 2.24) is 9.72 Å². The number of thioether (sulfide) groups is 1. The number of rotatable bonds is 6. The summed E-state index contributed by atoms with van der Waals surface area (Å²) in [5.41, 5.74) is 1.78. The van der Waals surface area contributed by atoms with Gasteiger partial charge >= 0.3 is 7.12 Å². The molecule has 6 nitrogen and oxygen atoms in total. The van der Waals surface area contributed by atoms with E-state index in [2.05, 4.69) is 23.4 Å². The lowest BCUT2D eigenvalue weighted by Crippen LogP contribution is -2.41. The molecular formula is C27H29BN2O4S. The standard InChI is InChI=1S/C27H29BN2O4S/c1-18-13-20(32-29-18)15-30-16-24(28-33-26(2,3)27(4,5)34-28)22-12-11-21(14-23(22)25(30)31)35-17-19-9-7-6-8-10-19/h6-14,16H,15,17H2,1-5H3. The van der Waals surface area contributed by atoms with Gasteiger partial charge in [-0.25, -0.2) is 0 Å². The molecule has 0 atom stereocenters. The van der Waals surface area contributed by atoms with Crippen LogP contribution in [0, 0.1) is 6.92 Å². The van der Waals surface area contributed by atoms with Gasteiger partial charge in [0.1, 0.15) is 0 Å². The highest BCUT2D eigenvalue weighted by atomic mass is 32.2. The van der Waals surface area contributed by atoms with Gasteiger partial charge in [0.05, 0.1) is 23.4 Å². The maximum absolute atomic E-state index is 13.6. The summed E-state index contributed by atoms with van der Waals surface area (Å²) in [6, 6.07) is 18.2. The normalized spacial score (nSPS) is 16.8. The van der Waals surface area contributed by atoms with Crippen LogP contribution in [0.15, 0.2) is 75.0 Å². The van der Waals surface area contributed by atoms with Gasteiger partial charge in [-0.1, -0.05) is 41.6 Å². The molecule has 0 N–H and O–H groups in total. The van der Waals surface area contributed by atoms with Crippen molar-refractivity contribution in [2.75, 3.05) is 0 Å². The quantitative estimate of drug-likeness (QED) is 0.283. The molecule has 0 spiro atoms. The average Bonchev–Trinajstić information content (AvgIpc) is 3.33. The summed E-state index contributed by atoms with van der Waals surface area (Å²) in [6.45, 7) is 10.3. The van der Waals surface area contributed by atoms with E-state index in [0.29, 0.717) is 11.1 Å². The van der Waals surface area contributed by atoms with E-state index in [1.165, 1.54) is 5.56 Å². The predicted molar refractivity (Wildman–Crippen MR) is 140 cm³/mol. The molecule has 4 aromatic rings. The van der Waals surface area contributed by atoms with Crippen LogP contribution in [0.3, 0.4) is 0 Å². The lowest BCUT2D eigenvalue weighted by atomic mass is 9.77. The van der Waals surface area contributed by atoms with Crippen LogP contribution in [-0.2, 0) is 21.6 Å². The van der Waals surface area contributed by atoms with Crippen LogP contribution in [0.5, 0.6) is 0 Å². The fourth-order valence-electron chi connectivity index (χ4n) is 4.17. The number of pyridine rings is 1. The molecule has 0 bridgehead atoms. The number of aromatic nitrogens is 2. The summed E-state index contributed by atoms with van der Waals surface area (Å²) in [5, 5.41) is 5.43. The molecule has 3 heterocycles. The lowest BCUT2D eigenvalue weighted by Gasteiger charge is -2.32. The van der Waals surface area contributed by atoms with Crippen LogP contribution in [0.2, 0.25) is 0 Å². The van der Waals surface area contributed by atoms with Crippen molar-refractivity contribution >= 4 is 35.1 Å². The largest absolute Gasteiger partial charge is 0.496 e. The first-order valence-corrected chi connectivity index (χ1v) is 12.7. The zero-order valence-corrected chi connectivity index (χ0v) is 21.5. The Kier molecular flexibility index (Phi) is 6.15. The topological polar surface area (TPSA) is 66.5 Å². The zero-order valence-electron chi connectivity index (χ0n) is 20.7. The maximum atomic E-state index is 13.6. The second kappa shape index (κ2) is 9.01. The van der Waals surface area contributed by atoms with Gasteiger partial charge in [-0.15, -0.1) is 11.8 Å². The Balaban J connectivity index is 1.57. The molecule has 5 rings (SSSR count). The van der Waals surface area contributed by atoms with Gasteiger partial charge in [-0.2, -0.15) is 0 Å². The van der Waals surface area contributed by atoms with Crippen LogP contribution in [0.25, 0.3) is 10.8 Å². The van der Waals surface area contributed by atoms with Crippen molar-refractivity contribution in [2.45, 2.75) is 63.0 Å². The van der Waals surface area contributed by atoms with Crippen LogP contribution >= 0.6 is 11.8 Å². The highest BCUT2D eigenvalue weighted by Crippen LogP contribution is 2.37.